The van der Waals surface area contributed by atoms with Crippen LogP contribution < -0.4 is 26.8 Å². The van der Waals surface area contributed by atoms with Gasteiger partial charge in [0.15, 0.2) is 0 Å². The Morgan fingerprint density at radius 3 is 2.43 bits per heavy atom. The predicted octanol–water partition coefficient (Wildman–Crippen LogP) is 4.15. The highest BCUT2D eigenvalue weighted by molar-refractivity contribution is 5.81. The molecule has 37 heavy (non-hydrogen) atoms. The number of carbonyl (C=O) groups excluding carboxylic acids is 2. The average Bonchev–Trinajstić information content (AvgIpc) is 2.84. The molecule has 1 aromatic carbocycles. The number of halogens is 1. The molecule has 1 aliphatic heterocycles. The number of unbranched alkanes of at least 4 members (excludes halogenated alkanes) is 1. The monoisotopic (exact) mass is 516 g/mol. The number of hydrazine groups is 1. The second kappa shape index (κ2) is 13.3. The third-order valence-electron chi connectivity index (χ3n) is 6.34. The van der Waals surface area contributed by atoms with Gasteiger partial charge in [-0.1, -0.05) is 25.5 Å². The van der Waals surface area contributed by atoms with Crippen molar-refractivity contribution < 1.29 is 18.7 Å². The van der Waals surface area contributed by atoms with E-state index in [0.29, 0.717) is 18.1 Å². The van der Waals surface area contributed by atoms with Crippen LogP contribution in [0.3, 0.4) is 0 Å². The summed E-state index contributed by atoms with van der Waals surface area (Å²) in [5, 5.41) is 9.24. The van der Waals surface area contributed by atoms with E-state index in [1.54, 1.807) is 18.3 Å². The van der Waals surface area contributed by atoms with Crippen molar-refractivity contribution in [1.29, 1.82) is 0 Å². The zero-order valence-corrected chi connectivity index (χ0v) is 22.3. The Bertz CT molecular complexity index is 965. The lowest BCUT2D eigenvalue weighted by Crippen LogP contribution is -2.49. The summed E-state index contributed by atoms with van der Waals surface area (Å²) in [5.74, 6) is 0.411. The molecule has 10 heteroatoms. The van der Waals surface area contributed by atoms with Crippen LogP contribution in [0.1, 0.15) is 84.2 Å². The Hall–Kier alpha value is -3.30. The molecule has 0 radical (unpaired) electrons. The van der Waals surface area contributed by atoms with E-state index in [4.69, 9.17) is 4.74 Å². The number of hydrogen-bond donors (Lipinski definition) is 5. The number of ether oxygens (including phenoxy) is 1. The fourth-order valence-electron chi connectivity index (χ4n) is 4.41. The highest BCUT2D eigenvalue weighted by Crippen LogP contribution is 2.28. The molecule has 204 valence electrons. The van der Waals surface area contributed by atoms with Gasteiger partial charge in [0.25, 0.3) is 0 Å². The van der Waals surface area contributed by atoms with E-state index in [9.17, 15) is 14.0 Å². The molecular weight excluding hydrogens is 475 g/mol. The first-order valence-corrected chi connectivity index (χ1v) is 13.2. The normalized spacial score (nSPS) is 20.4. The molecule has 5 N–H and O–H groups in total. The third kappa shape index (κ3) is 9.59. The minimum Gasteiger partial charge on any atom is -0.444 e. The molecule has 2 aliphatic rings. The van der Waals surface area contributed by atoms with Gasteiger partial charge in [-0.25, -0.2) is 14.2 Å². The summed E-state index contributed by atoms with van der Waals surface area (Å²) in [7, 11) is 0. The van der Waals surface area contributed by atoms with Crippen molar-refractivity contribution in [2.24, 2.45) is 10.9 Å². The number of nitrogens with one attached hydrogen (secondary N) is 5. The molecule has 9 nitrogen and oxygen atoms in total. The molecule has 0 bridgehead atoms. The number of rotatable bonds is 9. The highest BCUT2D eigenvalue weighted by atomic mass is 19.1. The molecule has 1 atom stereocenters. The van der Waals surface area contributed by atoms with Gasteiger partial charge in [0.1, 0.15) is 11.4 Å². The van der Waals surface area contributed by atoms with E-state index in [1.807, 2.05) is 20.8 Å². The summed E-state index contributed by atoms with van der Waals surface area (Å²) in [4.78, 5) is 29.5. The molecule has 1 saturated carbocycles. The number of nitrogens with zero attached hydrogens (tertiary/aromatic N) is 1. The molecule has 1 aromatic rings. The molecule has 0 spiro atoms. The topological polar surface area (TPSA) is 116 Å². The maximum Gasteiger partial charge on any atom is 0.407 e. The predicted molar refractivity (Wildman–Crippen MR) is 142 cm³/mol. The van der Waals surface area contributed by atoms with Gasteiger partial charge in [0, 0.05) is 19.0 Å². The van der Waals surface area contributed by atoms with Crippen molar-refractivity contribution in [3.8, 4) is 0 Å². The van der Waals surface area contributed by atoms with Crippen molar-refractivity contribution in [3.63, 3.8) is 0 Å². The molecule has 0 saturated heterocycles. The lowest BCUT2D eigenvalue weighted by Gasteiger charge is -2.31. The second-order valence-electron chi connectivity index (χ2n) is 10.7. The maximum absolute atomic E-state index is 13.6. The van der Waals surface area contributed by atoms with E-state index in [0.717, 1.165) is 50.6 Å². The van der Waals surface area contributed by atoms with Crippen LogP contribution in [0.15, 0.2) is 41.2 Å². The SMILES string of the molecule is CCCCNC1=NC=C(C(NC(=O)C[C@H]2CC[C@H](NC(=O)OC(C)(C)C)CC2)c2ccc(F)cc2)NN1. The van der Waals surface area contributed by atoms with Gasteiger partial charge in [-0.05, 0) is 76.5 Å². The molecule has 1 aliphatic carbocycles. The number of benzene rings is 1. The fraction of sp³-hybridized carbons (Fsp3) is 0.593. The first-order valence-electron chi connectivity index (χ1n) is 13.2. The Morgan fingerprint density at radius 1 is 1.14 bits per heavy atom. The number of amides is 2. The van der Waals surface area contributed by atoms with Gasteiger partial charge in [0.05, 0.1) is 17.9 Å². The van der Waals surface area contributed by atoms with E-state index in [1.165, 1.54) is 12.1 Å². The summed E-state index contributed by atoms with van der Waals surface area (Å²) in [5.41, 5.74) is 7.02. The Balaban J connectivity index is 1.56. The van der Waals surface area contributed by atoms with Crippen molar-refractivity contribution >= 4 is 18.0 Å². The quantitative estimate of drug-likeness (QED) is 0.315. The standard InChI is InChI=1S/C27H41FN6O3/c1-5-6-15-29-25-30-17-22(33-34-25)24(19-9-11-20(28)12-10-19)32-23(35)16-18-7-13-21(14-8-18)31-26(36)37-27(2,3)4/h9-12,17-18,21,24,33H,5-8,13-16H2,1-4H3,(H,31,36)(H,32,35)(H2,29,30,34)/t18-,21-,24?. The van der Waals surface area contributed by atoms with Crippen LogP contribution in [-0.2, 0) is 9.53 Å². The smallest absolute Gasteiger partial charge is 0.407 e. The molecule has 1 unspecified atom stereocenters. The van der Waals surface area contributed by atoms with Crippen LogP contribution >= 0.6 is 0 Å². The number of hydrogen-bond acceptors (Lipinski definition) is 7. The van der Waals surface area contributed by atoms with Crippen LogP contribution in [0.5, 0.6) is 0 Å². The van der Waals surface area contributed by atoms with Crippen molar-refractivity contribution in [3.05, 3.63) is 47.5 Å². The first kappa shape index (κ1) is 28.3. The number of carbonyl (C=O) groups is 2. The van der Waals surface area contributed by atoms with E-state index < -0.39 is 17.7 Å². The van der Waals surface area contributed by atoms with E-state index in [2.05, 4.69) is 38.7 Å². The van der Waals surface area contributed by atoms with Gasteiger partial charge in [0.2, 0.25) is 11.9 Å². The lowest BCUT2D eigenvalue weighted by molar-refractivity contribution is -0.122. The van der Waals surface area contributed by atoms with Crippen LogP contribution in [0, 0.1) is 11.7 Å². The molecule has 3 rings (SSSR count). The Morgan fingerprint density at radius 2 is 1.84 bits per heavy atom. The molecule has 0 aromatic heterocycles. The zero-order valence-electron chi connectivity index (χ0n) is 22.3. The van der Waals surface area contributed by atoms with Gasteiger partial charge in [-0.2, -0.15) is 0 Å². The highest BCUT2D eigenvalue weighted by Gasteiger charge is 2.28. The van der Waals surface area contributed by atoms with Gasteiger partial charge in [-0.3, -0.25) is 15.6 Å². The summed E-state index contributed by atoms with van der Waals surface area (Å²) >= 11 is 0. The average molecular weight is 517 g/mol. The second-order valence-corrected chi connectivity index (χ2v) is 10.7. The van der Waals surface area contributed by atoms with Crippen molar-refractivity contribution in [2.45, 2.75) is 90.3 Å². The largest absolute Gasteiger partial charge is 0.444 e. The minimum absolute atomic E-state index is 0.0572. The van der Waals surface area contributed by atoms with Crippen molar-refractivity contribution in [2.75, 3.05) is 6.54 Å². The van der Waals surface area contributed by atoms with Crippen LogP contribution in [0.4, 0.5) is 9.18 Å². The maximum atomic E-state index is 13.6. The molecule has 1 heterocycles. The first-order chi connectivity index (χ1) is 17.6. The van der Waals surface area contributed by atoms with Gasteiger partial charge >= 0.3 is 6.09 Å². The molecule has 2 amide bonds. The Kier molecular flexibility index (Phi) is 10.2. The number of aliphatic imine (C=N–C) groups is 1. The van der Waals surface area contributed by atoms with Gasteiger partial charge in [-0.15, -0.1) is 0 Å². The third-order valence-corrected chi connectivity index (χ3v) is 6.34. The summed E-state index contributed by atoms with van der Waals surface area (Å²) < 4.78 is 18.9. The summed E-state index contributed by atoms with van der Waals surface area (Å²) in [6.07, 6.45) is 7.06. The fourth-order valence-corrected chi connectivity index (χ4v) is 4.41. The number of alkyl carbamates (subject to hydrolysis) is 1. The minimum atomic E-state index is -0.531. The molecular formula is C27H41FN6O3. The zero-order chi connectivity index (χ0) is 26.8. The van der Waals surface area contributed by atoms with Crippen LogP contribution in [0.25, 0.3) is 0 Å². The summed E-state index contributed by atoms with van der Waals surface area (Å²) in [6, 6.07) is 5.63. The molecule has 1 fully saturated rings. The Labute approximate surface area is 219 Å². The van der Waals surface area contributed by atoms with Crippen molar-refractivity contribution in [1.82, 2.24) is 26.8 Å². The van der Waals surface area contributed by atoms with E-state index in [-0.39, 0.29) is 23.7 Å². The van der Waals surface area contributed by atoms with E-state index >= 15 is 0 Å². The van der Waals surface area contributed by atoms with Crippen LogP contribution in [-0.4, -0.2) is 36.1 Å². The van der Waals surface area contributed by atoms with Gasteiger partial charge < -0.3 is 20.7 Å². The summed E-state index contributed by atoms with van der Waals surface area (Å²) in [6.45, 7) is 8.45. The lowest BCUT2D eigenvalue weighted by atomic mass is 9.84. The number of guanidine groups is 1. The van der Waals surface area contributed by atoms with Crippen LogP contribution in [0.2, 0.25) is 0 Å².